The molecule has 0 spiro atoms. The lowest BCUT2D eigenvalue weighted by Crippen LogP contribution is -2.45. The molecule has 1 aliphatic heterocycles. The number of carbonyl (C=O) groups excluding carboxylic acids is 2. The van der Waals surface area contributed by atoms with Gasteiger partial charge in [0.15, 0.2) is 0 Å². The molecule has 0 unspecified atom stereocenters. The third-order valence-electron chi connectivity index (χ3n) is 7.80. The Hall–Kier alpha value is -5.22. The minimum absolute atomic E-state index is 0.109. The fourth-order valence-electron chi connectivity index (χ4n) is 5.53. The number of benzene rings is 4. The maximum atomic E-state index is 14.4. The first kappa shape index (κ1) is 29.8. The minimum atomic E-state index is -0.965. The number of hydrogen-bond donors (Lipinski definition) is 1. The Kier molecular flexibility index (Phi) is 9.31. The summed E-state index contributed by atoms with van der Waals surface area (Å²) < 4.78 is 12.8. The standard InChI is InChI=1S/C35H36N6O4/c1-2-45-30-18-16-29(17-19-30)41(33(42)25-40-32-11-7-6-10-31(32)37-38-40)34(35(43)36-24-26-8-4-3-5-9-26)27-12-14-28(15-13-27)39-20-22-44-23-21-39/h3-19,34H,2,20-25H2,1H3,(H,36,43)/t34-/m0/s1. The third-order valence-corrected chi connectivity index (χ3v) is 7.80. The number of fused-ring (bicyclic) bond motifs is 1. The van der Waals surface area contributed by atoms with E-state index in [1.807, 2.05) is 110 Å². The number of hydrogen-bond acceptors (Lipinski definition) is 7. The smallest absolute Gasteiger partial charge is 0.249 e. The topological polar surface area (TPSA) is 102 Å². The number of para-hydroxylation sites is 1. The van der Waals surface area contributed by atoms with Gasteiger partial charge < -0.3 is 19.7 Å². The van der Waals surface area contributed by atoms with Crippen LogP contribution in [0.15, 0.2) is 103 Å². The van der Waals surface area contributed by atoms with Crippen molar-refractivity contribution in [3.63, 3.8) is 0 Å². The van der Waals surface area contributed by atoms with Gasteiger partial charge in [-0.2, -0.15) is 0 Å². The SMILES string of the molecule is CCOc1ccc(N(C(=O)Cn2nnc3ccccc32)[C@H](C(=O)NCc2ccccc2)c2ccc(N3CCOCC3)cc2)cc1. The zero-order valence-corrected chi connectivity index (χ0v) is 25.2. The Morgan fingerprint density at radius 2 is 1.62 bits per heavy atom. The molecule has 1 atom stereocenters. The molecular formula is C35H36N6O4. The summed E-state index contributed by atoms with van der Waals surface area (Å²) in [5, 5.41) is 11.6. The van der Waals surface area contributed by atoms with Crippen molar-refractivity contribution in [3.05, 3.63) is 114 Å². The second-order valence-electron chi connectivity index (χ2n) is 10.7. The molecular weight excluding hydrogens is 568 g/mol. The fraction of sp³-hybridized carbons (Fsp3) is 0.257. The molecule has 0 saturated carbocycles. The van der Waals surface area contributed by atoms with Gasteiger partial charge in [-0.15, -0.1) is 5.10 Å². The van der Waals surface area contributed by atoms with Crippen LogP contribution in [0.1, 0.15) is 24.1 Å². The lowest BCUT2D eigenvalue weighted by atomic mass is 10.0. The van der Waals surface area contributed by atoms with Crippen LogP contribution in [-0.4, -0.2) is 59.7 Å². The lowest BCUT2D eigenvalue weighted by molar-refractivity contribution is -0.127. The normalized spacial score (nSPS) is 13.8. The average molecular weight is 605 g/mol. The predicted molar refractivity (Wildman–Crippen MR) is 173 cm³/mol. The van der Waals surface area contributed by atoms with E-state index in [9.17, 15) is 9.59 Å². The van der Waals surface area contributed by atoms with Crippen molar-refractivity contribution < 1.29 is 19.1 Å². The largest absolute Gasteiger partial charge is 0.494 e. The van der Waals surface area contributed by atoms with Crippen LogP contribution in [0.5, 0.6) is 5.75 Å². The summed E-state index contributed by atoms with van der Waals surface area (Å²) in [6.45, 7) is 5.57. The van der Waals surface area contributed by atoms with E-state index in [0.717, 1.165) is 29.9 Å². The van der Waals surface area contributed by atoms with Crippen molar-refractivity contribution >= 4 is 34.2 Å². The van der Waals surface area contributed by atoms with Crippen LogP contribution in [0.25, 0.3) is 11.0 Å². The van der Waals surface area contributed by atoms with Gasteiger partial charge in [-0.3, -0.25) is 14.5 Å². The third kappa shape index (κ3) is 6.97. The maximum Gasteiger partial charge on any atom is 0.249 e. The number of ether oxygens (including phenoxy) is 2. The van der Waals surface area contributed by atoms with Gasteiger partial charge in [0.25, 0.3) is 0 Å². The predicted octanol–water partition coefficient (Wildman–Crippen LogP) is 4.76. The zero-order chi connectivity index (χ0) is 31.0. The molecule has 1 aromatic heterocycles. The highest BCUT2D eigenvalue weighted by molar-refractivity contribution is 6.01. The molecule has 230 valence electrons. The van der Waals surface area contributed by atoms with E-state index >= 15 is 0 Å². The van der Waals surface area contributed by atoms with Crippen LogP contribution in [-0.2, 0) is 27.4 Å². The van der Waals surface area contributed by atoms with Crippen molar-refractivity contribution in [1.29, 1.82) is 0 Å². The van der Waals surface area contributed by atoms with Crippen LogP contribution >= 0.6 is 0 Å². The van der Waals surface area contributed by atoms with Crippen molar-refractivity contribution in [3.8, 4) is 5.75 Å². The van der Waals surface area contributed by atoms with E-state index in [1.165, 1.54) is 0 Å². The molecule has 0 radical (unpaired) electrons. The first-order valence-electron chi connectivity index (χ1n) is 15.2. The van der Waals surface area contributed by atoms with Crippen molar-refractivity contribution in [2.24, 2.45) is 0 Å². The average Bonchev–Trinajstić information content (AvgIpc) is 3.50. The van der Waals surface area contributed by atoms with Gasteiger partial charge in [0.2, 0.25) is 11.8 Å². The number of amides is 2. The Morgan fingerprint density at radius 1 is 0.911 bits per heavy atom. The number of carbonyl (C=O) groups is 2. The minimum Gasteiger partial charge on any atom is -0.494 e. The van der Waals surface area contributed by atoms with E-state index in [1.54, 1.807) is 9.58 Å². The van der Waals surface area contributed by atoms with E-state index < -0.39 is 6.04 Å². The van der Waals surface area contributed by atoms with Gasteiger partial charge in [-0.25, -0.2) is 4.68 Å². The van der Waals surface area contributed by atoms with E-state index in [4.69, 9.17) is 9.47 Å². The Balaban J connectivity index is 1.38. The molecule has 45 heavy (non-hydrogen) atoms. The molecule has 1 aliphatic rings. The van der Waals surface area contributed by atoms with Gasteiger partial charge in [0.05, 0.1) is 25.3 Å². The van der Waals surface area contributed by atoms with Gasteiger partial charge in [-0.1, -0.05) is 59.8 Å². The van der Waals surface area contributed by atoms with Gasteiger partial charge in [-0.05, 0) is 66.6 Å². The Morgan fingerprint density at radius 3 is 2.36 bits per heavy atom. The van der Waals surface area contributed by atoms with Crippen molar-refractivity contribution in [2.45, 2.75) is 26.1 Å². The van der Waals surface area contributed by atoms with E-state index in [0.29, 0.717) is 48.9 Å². The van der Waals surface area contributed by atoms with Crippen molar-refractivity contribution in [1.82, 2.24) is 20.3 Å². The molecule has 4 aromatic carbocycles. The summed E-state index contributed by atoms with van der Waals surface area (Å²) in [5.74, 6) is 0.0615. The molecule has 2 amide bonds. The zero-order valence-electron chi connectivity index (χ0n) is 25.2. The summed E-state index contributed by atoms with van der Waals surface area (Å²) in [6.07, 6.45) is 0. The summed E-state index contributed by atoms with van der Waals surface area (Å²) >= 11 is 0. The van der Waals surface area contributed by atoms with Crippen LogP contribution < -0.4 is 19.9 Å². The number of rotatable bonds is 11. The van der Waals surface area contributed by atoms with E-state index in [2.05, 4.69) is 20.5 Å². The highest BCUT2D eigenvalue weighted by atomic mass is 16.5. The van der Waals surface area contributed by atoms with Crippen molar-refractivity contribution in [2.75, 3.05) is 42.7 Å². The quantitative estimate of drug-likeness (QED) is 0.232. The molecule has 0 aliphatic carbocycles. The highest BCUT2D eigenvalue weighted by Gasteiger charge is 2.33. The van der Waals surface area contributed by atoms with Crippen LogP contribution in [0.3, 0.4) is 0 Å². The molecule has 1 fully saturated rings. The first-order valence-corrected chi connectivity index (χ1v) is 15.2. The molecule has 0 bridgehead atoms. The van der Waals surface area contributed by atoms with E-state index in [-0.39, 0.29) is 18.4 Å². The van der Waals surface area contributed by atoms with Crippen LogP contribution in [0, 0.1) is 0 Å². The second kappa shape index (κ2) is 14.0. The lowest BCUT2D eigenvalue weighted by Gasteiger charge is -2.32. The van der Waals surface area contributed by atoms with Crippen LogP contribution in [0.2, 0.25) is 0 Å². The molecule has 1 saturated heterocycles. The number of nitrogens with one attached hydrogen (secondary N) is 1. The fourth-order valence-corrected chi connectivity index (χ4v) is 5.53. The number of aromatic nitrogens is 3. The second-order valence-corrected chi connectivity index (χ2v) is 10.7. The monoisotopic (exact) mass is 604 g/mol. The highest BCUT2D eigenvalue weighted by Crippen LogP contribution is 2.31. The summed E-state index contributed by atoms with van der Waals surface area (Å²) in [5.41, 5.74) is 4.67. The van der Waals surface area contributed by atoms with Gasteiger partial charge in [0.1, 0.15) is 23.9 Å². The summed E-state index contributed by atoms with van der Waals surface area (Å²) in [4.78, 5) is 32.4. The molecule has 1 N–H and O–H groups in total. The van der Waals surface area contributed by atoms with Gasteiger partial charge >= 0.3 is 0 Å². The van der Waals surface area contributed by atoms with Gasteiger partial charge in [0, 0.05) is 31.0 Å². The maximum absolute atomic E-state index is 14.4. The molecule has 10 nitrogen and oxygen atoms in total. The molecule has 2 heterocycles. The Labute approximate surface area is 262 Å². The van der Waals surface area contributed by atoms with Crippen LogP contribution in [0.4, 0.5) is 11.4 Å². The number of morpholine rings is 1. The number of nitrogens with zero attached hydrogens (tertiary/aromatic N) is 5. The molecule has 6 rings (SSSR count). The molecule has 10 heteroatoms. The molecule has 5 aromatic rings. The summed E-state index contributed by atoms with van der Waals surface area (Å²) in [6, 6.07) is 31.3. The first-order chi connectivity index (χ1) is 22.1. The Bertz CT molecular complexity index is 1720. The number of anilines is 2. The summed E-state index contributed by atoms with van der Waals surface area (Å²) in [7, 11) is 0.